The van der Waals surface area contributed by atoms with E-state index in [1.807, 2.05) is 23.1 Å². The minimum absolute atomic E-state index is 0.0184. The summed E-state index contributed by atoms with van der Waals surface area (Å²) in [5.41, 5.74) is 0.949. The maximum atomic E-state index is 12.6. The lowest BCUT2D eigenvalue weighted by Crippen LogP contribution is -2.47. The topological polar surface area (TPSA) is 82.6 Å². The first kappa shape index (κ1) is 21.8. The molecule has 2 saturated heterocycles. The number of aromatic nitrogens is 1. The van der Waals surface area contributed by atoms with Gasteiger partial charge in [0.1, 0.15) is 0 Å². The van der Waals surface area contributed by atoms with Gasteiger partial charge in [0.2, 0.25) is 10.0 Å². The van der Waals surface area contributed by atoms with Crippen LogP contribution in [0.25, 0.3) is 10.2 Å². The van der Waals surface area contributed by atoms with Gasteiger partial charge in [0.05, 0.1) is 21.5 Å². The number of likely N-dealkylation sites (tertiary alicyclic amines) is 1. The van der Waals surface area contributed by atoms with Crippen LogP contribution < -0.4 is 5.32 Å². The lowest BCUT2D eigenvalue weighted by molar-refractivity contribution is 0.176. The number of rotatable bonds is 4. The Bertz CT molecular complexity index is 1010. The van der Waals surface area contributed by atoms with Crippen molar-refractivity contribution in [3.63, 3.8) is 0 Å². The number of hydrogen-bond acceptors (Lipinski definition) is 5. The molecule has 0 radical (unpaired) electrons. The highest BCUT2D eigenvalue weighted by Crippen LogP contribution is 2.34. The van der Waals surface area contributed by atoms with Gasteiger partial charge < -0.3 is 10.2 Å². The van der Waals surface area contributed by atoms with Crippen molar-refractivity contribution >= 4 is 49.2 Å². The molecule has 3 heterocycles. The van der Waals surface area contributed by atoms with Gasteiger partial charge in [0.25, 0.3) is 0 Å². The molecule has 2 aliphatic heterocycles. The smallest absolute Gasteiger partial charge is 0.317 e. The number of piperidine rings is 2. The predicted molar refractivity (Wildman–Crippen MR) is 121 cm³/mol. The summed E-state index contributed by atoms with van der Waals surface area (Å²) >= 11 is 7.78. The molecule has 0 unspecified atom stereocenters. The third kappa shape index (κ3) is 5.07. The summed E-state index contributed by atoms with van der Waals surface area (Å²) in [6.07, 6.45) is 4.65. The van der Waals surface area contributed by atoms with Crippen LogP contribution in [0.3, 0.4) is 0 Å². The molecule has 1 aromatic heterocycles. The van der Waals surface area contributed by atoms with Gasteiger partial charge in [-0.2, -0.15) is 0 Å². The van der Waals surface area contributed by atoms with Gasteiger partial charge in [0, 0.05) is 43.7 Å². The number of halogens is 1. The fraction of sp³-hybridized carbons (Fsp3) is 0.600. The molecule has 0 saturated carbocycles. The highest BCUT2D eigenvalue weighted by atomic mass is 35.5. The molecule has 164 valence electrons. The number of benzene rings is 1. The molecule has 30 heavy (non-hydrogen) atoms. The molecule has 7 nitrogen and oxygen atoms in total. The average Bonchev–Trinajstić information content (AvgIpc) is 3.15. The maximum Gasteiger partial charge on any atom is 0.317 e. The van der Waals surface area contributed by atoms with Crippen molar-refractivity contribution in [2.24, 2.45) is 5.92 Å². The van der Waals surface area contributed by atoms with E-state index in [1.54, 1.807) is 11.3 Å². The number of fused-ring (bicyclic) bond motifs is 1. The van der Waals surface area contributed by atoms with Crippen molar-refractivity contribution in [3.8, 4) is 0 Å². The van der Waals surface area contributed by atoms with Crippen molar-refractivity contribution in [1.82, 2.24) is 19.5 Å². The Kier molecular flexibility index (Phi) is 6.53. The van der Waals surface area contributed by atoms with Crippen molar-refractivity contribution < 1.29 is 13.2 Å². The van der Waals surface area contributed by atoms with E-state index >= 15 is 0 Å². The number of carbonyl (C=O) groups is 1. The number of urea groups is 1. The third-order valence-electron chi connectivity index (χ3n) is 6.08. The van der Waals surface area contributed by atoms with E-state index in [0.29, 0.717) is 36.5 Å². The second-order valence-corrected chi connectivity index (χ2v) is 11.7. The highest BCUT2D eigenvalue weighted by molar-refractivity contribution is 7.88. The lowest BCUT2D eigenvalue weighted by atomic mass is 9.97. The number of amides is 2. The van der Waals surface area contributed by atoms with Crippen LogP contribution in [-0.2, 0) is 10.0 Å². The van der Waals surface area contributed by atoms with E-state index in [2.05, 4.69) is 5.32 Å². The molecule has 2 aromatic rings. The first-order valence-corrected chi connectivity index (χ1v) is 13.4. The number of thiazole rings is 1. The maximum absolute atomic E-state index is 12.6. The summed E-state index contributed by atoms with van der Waals surface area (Å²) in [6.45, 7) is 3.13. The van der Waals surface area contributed by atoms with Crippen LogP contribution in [-0.4, -0.2) is 67.6 Å². The minimum atomic E-state index is -3.11. The van der Waals surface area contributed by atoms with E-state index in [4.69, 9.17) is 16.6 Å². The zero-order valence-electron chi connectivity index (χ0n) is 17.0. The van der Waals surface area contributed by atoms with Crippen LogP contribution in [0.4, 0.5) is 4.79 Å². The van der Waals surface area contributed by atoms with E-state index in [0.717, 1.165) is 54.0 Å². The molecule has 0 aliphatic carbocycles. The van der Waals surface area contributed by atoms with Gasteiger partial charge in [-0.05, 0) is 49.8 Å². The summed E-state index contributed by atoms with van der Waals surface area (Å²) in [5.74, 6) is 0.713. The molecule has 10 heteroatoms. The fourth-order valence-corrected chi connectivity index (χ4v) is 6.37. The molecule has 0 bridgehead atoms. The van der Waals surface area contributed by atoms with Gasteiger partial charge in [-0.3, -0.25) is 0 Å². The fourth-order valence-electron chi connectivity index (χ4n) is 4.21. The zero-order chi connectivity index (χ0) is 21.3. The standard InChI is InChI=1S/C20H27ClN4O3S2/c1-30(27,28)25-10-4-14(5-11-25)13-22-20(26)24-8-6-15(7-9-24)19-23-17-12-16(21)2-3-18(17)29-19/h2-3,12,14-15H,4-11,13H2,1H3,(H,22,26). The molecule has 0 spiro atoms. The van der Waals surface area contributed by atoms with Gasteiger partial charge in [-0.25, -0.2) is 22.5 Å². The van der Waals surface area contributed by atoms with Crippen LogP contribution in [0, 0.1) is 5.92 Å². The second kappa shape index (κ2) is 8.98. The number of nitrogens with zero attached hydrogens (tertiary/aromatic N) is 3. The molecule has 2 aliphatic rings. The van der Waals surface area contributed by atoms with E-state index in [-0.39, 0.29) is 6.03 Å². The molecule has 2 amide bonds. The van der Waals surface area contributed by atoms with Gasteiger partial charge in [-0.15, -0.1) is 11.3 Å². The normalized spacial score (nSPS) is 20.0. The predicted octanol–water partition coefficient (Wildman–Crippen LogP) is 3.51. The Morgan fingerprint density at radius 3 is 2.57 bits per heavy atom. The van der Waals surface area contributed by atoms with Crippen molar-refractivity contribution in [1.29, 1.82) is 0 Å². The number of nitrogens with one attached hydrogen (secondary N) is 1. The van der Waals surface area contributed by atoms with Gasteiger partial charge in [0.15, 0.2) is 0 Å². The molecule has 2 fully saturated rings. The monoisotopic (exact) mass is 470 g/mol. The number of carbonyl (C=O) groups excluding carboxylic acids is 1. The summed E-state index contributed by atoms with van der Waals surface area (Å²) in [4.78, 5) is 19.2. The number of sulfonamides is 1. The largest absolute Gasteiger partial charge is 0.338 e. The highest BCUT2D eigenvalue weighted by Gasteiger charge is 2.28. The Morgan fingerprint density at radius 2 is 1.90 bits per heavy atom. The molecule has 1 aromatic carbocycles. The quantitative estimate of drug-likeness (QED) is 0.741. The molecule has 4 rings (SSSR count). The van der Waals surface area contributed by atoms with Crippen LogP contribution in [0.1, 0.15) is 36.6 Å². The van der Waals surface area contributed by atoms with E-state index < -0.39 is 10.0 Å². The minimum Gasteiger partial charge on any atom is -0.338 e. The van der Waals surface area contributed by atoms with Gasteiger partial charge in [-0.1, -0.05) is 11.6 Å². The Balaban J connectivity index is 1.23. The first-order valence-electron chi connectivity index (χ1n) is 10.3. The van der Waals surface area contributed by atoms with E-state index in [9.17, 15) is 13.2 Å². The molecular formula is C20H27ClN4O3S2. The summed E-state index contributed by atoms with van der Waals surface area (Å²) in [5, 5.41) is 4.88. The van der Waals surface area contributed by atoms with Crippen LogP contribution in [0.2, 0.25) is 5.02 Å². The van der Waals surface area contributed by atoms with Crippen molar-refractivity contribution in [2.75, 3.05) is 39.0 Å². The van der Waals surface area contributed by atoms with Crippen LogP contribution >= 0.6 is 22.9 Å². The lowest BCUT2D eigenvalue weighted by Gasteiger charge is -2.33. The SMILES string of the molecule is CS(=O)(=O)N1CCC(CNC(=O)N2CCC(c3nc4cc(Cl)ccc4s3)CC2)CC1. The summed E-state index contributed by atoms with van der Waals surface area (Å²) in [7, 11) is -3.11. The molecule has 1 N–H and O–H groups in total. The second-order valence-electron chi connectivity index (χ2n) is 8.22. The third-order valence-corrected chi connectivity index (χ3v) is 8.82. The Labute approximate surface area is 186 Å². The molecular weight excluding hydrogens is 444 g/mol. The first-order chi connectivity index (χ1) is 14.3. The van der Waals surface area contributed by atoms with Gasteiger partial charge >= 0.3 is 6.03 Å². The molecule has 0 atom stereocenters. The summed E-state index contributed by atoms with van der Waals surface area (Å²) < 4.78 is 25.9. The zero-order valence-corrected chi connectivity index (χ0v) is 19.4. The Morgan fingerprint density at radius 1 is 1.20 bits per heavy atom. The van der Waals surface area contributed by atoms with Crippen molar-refractivity contribution in [2.45, 2.75) is 31.6 Å². The van der Waals surface area contributed by atoms with Crippen molar-refractivity contribution in [3.05, 3.63) is 28.2 Å². The average molecular weight is 471 g/mol. The summed E-state index contributed by atoms with van der Waals surface area (Å²) in [6, 6.07) is 5.79. The van der Waals surface area contributed by atoms with Crippen LogP contribution in [0.15, 0.2) is 18.2 Å². The Hall–Kier alpha value is -1.42. The van der Waals surface area contributed by atoms with Crippen LogP contribution in [0.5, 0.6) is 0 Å². The van der Waals surface area contributed by atoms with E-state index in [1.165, 1.54) is 10.6 Å². The number of hydrogen-bond donors (Lipinski definition) is 1.